The van der Waals surface area contributed by atoms with Crippen molar-refractivity contribution in [2.45, 2.75) is 51.7 Å². The quantitative estimate of drug-likeness (QED) is 0.536. The normalized spacial score (nSPS) is 13.8. The lowest BCUT2D eigenvalue weighted by molar-refractivity contribution is -0.139. The van der Waals surface area contributed by atoms with Crippen molar-refractivity contribution < 1.29 is 19.5 Å². The maximum atomic E-state index is 11.8. The molecule has 0 fully saturated rings. The zero-order chi connectivity index (χ0) is 15.9. The standard InChI is InChI=1S/C13H23N3O4/c1-6-7-9(11(18)19)15-12(20)14-8(2)10(17)16-13(3,4)5/h6,8-9H,1,7H2,2-5H3,(H,16,17)(H,18,19)(H2,14,15,20). The molecule has 114 valence electrons. The molecule has 0 saturated carbocycles. The van der Waals surface area contributed by atoms with Crippen LogP contribution in [0.3, 0.4) is 0 Å². The van der Waals surface area contributed by atoms with E-state index in [1.165, 1.54) is 13.0 Å². The molecule has 0 saturated heterocycles. The average molecular weight is 285 g/mol. The Morgan fingerprint density at radius 2 is 1.80 bits per heavy atom. The van der Waals surface area contributed by atoms with Crippen LogP contribution in [0.25, 0.3) is 0 Å². The van der Waals surface area contributed by atoms with E-state index in [0.717, 1.165) is 0 Å². The molecule has 0 bridgehead atoms. The molecule has 2 atom stereocenters. The summed E-state index contributed by atoms with van der Waals surface area (Å²) in [4.78, 5) is 34.2. The highest BCUT2D eigenvalue weighted by Gasteiger charge is 2.23. The molecule has 0 spiro atoms. The molecule has 0 aliphatic heterocycles. The predicted octanol–water partition coefficient (Wildman–Crippen LogP) is 0.618. The Labute approximate surface area is 118 Å². The van der Waals surface area contributed by atoms with Crippen molar-refractivity contribution in [3.63, 3.8) is 0 Å². The zero-order valence-corrected chi connectivity index (χ0v) is 12.3. The smallest absolute Gasteiger partial charge is 0.326 e. The van der Waals surface area contributed by atoms with Gasteiger partial charge in [0, 0.05) is 5.54 Å². The van der Waals surface area contributed by atoms with Crippen LogP contribution in [0, 0.1) is 0 Å². The minimum atomic E-state index is -1.16. The van der Waals surface area contributed by atoms with Crippen molar-refractivity contribution in [3.8, 4) is 0 Å². The summed E-state index contributed by atoms with van der Waals surface area (Å²) >= 11 is 0. The topological polar surface area (TPSA) is 108 Å². The van der Waals surface area contributed by atoms with Gasteiger partial charge in [0.15, 0.2) is 0 Å². The Morgan fingerprint density at radius 3 is 2.20 bits per heavy atom. The van der Waals surface area contributed by atoms with Gasteiger partial charge in [0.2, 0.25) is 5.91 Å². The lowest BCUT2D eigenvalue weighted by Crippen LogP contribution is -2.54. The second-order valence-electron chi connectivity index (χ2n) is 5.49. The summed E-state index contributed by atoms with van der Waals surface area (Å²) in [5.41, 5.74) is -0.407. The van der Waals surface area contributed by atoms with Gasteiger partial charge in [0.05, 0.1) is 0 Å². The molecule has 3 amide bonds. The number of carboxylic acids is 1. The summed E-state index contributed by atoms with van der Waals surface area (Å²) in [7, 11) is 0. The van der Waals surface area contributed by atoms with Crippen LogP contribution in [0.5, 0.6) is 0 Å². The Balaban J connectivity index is 4.41. The number of urea groups is 1. The number of nitrogens with one attached hydrogen (secondary N) is 3. The molecular weight excluding hydrogens is 262 g/mol. The van der Waals surface area contributed by atoms with E-state index in [0.29, 0.717) is 0 Å². The average Bonchev–Trinajstić information content (AvgIpc) is 2.25. The lowest BCUT2D eigenvalue weighted by Gasteiger charge is -2.24. The SMILES string of the molecule is C=CCC(NC(=O)NC(C)C(=O)NC(C)(C)C)C(=O)O. The third-order valence-corrected chi connectivity index (χ3v) is 2.24. The number of carboxylic acid groups (broad SMARTS) is 1. The van der Waals surface area contributed by atoms with Gasteiger partial charge in [-0.05, 0) is 34.1 Å². The Hall–Kier alpha value is -2.05. The second-order valence-corrected chi connectivity index (χ2v) is 5.49. The van der Waals surface area contributed by atoms with Gasteiger partial charge in [-0.1, -0.05) is 6.08 Å². The molecule has 7 nitrogen and oxygen atoms in total. The summed E-state index contributed by atoms with van der Waals surface area (Å²) in [6.45, 7) is 10.4. The number of carbonyl (C=O) groups is 3. The van der Waals surface area contributed by atoms with E-state index in [-0.39, 0.29) is 12.3 Å². The van der Waals surface area contributed by atoms with Crippen molar-refractivity contribution in [1.82, 2.24) is 16.0 Å². The van der Waals surface area contributed by atoms with Gasteiger partial charge in [-0.2, -0.15) is 0 Å². The molecule has 0 aliphatic carbocycles. The first-order valence-electron chi connectivity index (χ1n) is 6.29. The van der Waals surface area contributed by atoms with Crippen LogP contribution in [0.1, 0.15) is 34.1 Å². The third kappa shape index (κ3) is 7.40. The highest BCUT2D eigenvalue weighted by Crippen LogP contribution is 1.99. The number of amides is 3. The van der Waals surface area contributed by atoms with Crippen molar-refractivity contribution in [3.05, 3.63) is 12.7 Å². The summed E-state index contributed by atoms with van der Waals surface area (Å²) < 4.78 is 0. The minimum Gasteiger partial charge on any atom is -0.480 e. The van der Waals surface area contributed by atoms with Crippen LogP contribution in [-0.2, 0) is 9.59 Å². The van der Waals surface area contributed by atoms with E-state index in [4.69, 9.17) is 5.11 Å². The Morgan fingerprint density at radius 1 is 1.25 bits per heavy atom. The fourth-order valence-electron chi connectivity index (χ4n) is 1.33. The third-order valence-electron chi connectivity index (χ3n) is 2.24. The summed E-state index contributed by atoms with van der Waals surface area (Å²) in [5.74, 6) is -1.50. The number of carbonyl (C=O) groups excluding carboxylic acids is 2. The van der Waals surface area contributed by atoms with Gasteiger partial charge < -0.3 is 21.1 Å². The van der Waals surface area contributed by atoms with Gasteiger partial charge in [-0.3, -0.25) is 4.79 Å². The largest absolute Gasteiger partial charge is 0.480 e. The van der Waals surface area contributed by atoms with Crippen LogP contribution < -0.4 is 16.0 Å². The molecular formula is C13H23N3O4. The van der Waals surface area contributed by atoms with E-state index in [1.54, 1.807) is 0 Å². The number of hydrogen-bond donors (Lipinski definition) is 4. The van der Waals surface area contributed by atoms with E-state index in [1.807, 2.05) is 20.8 Å². The van der Waals surface area contributed by atoms with Crippen molar-refractivity contribution in [1.29, 1.82) is 0 Å². The summed E-state index contributed by atoms with van der Waals surface area (Å²) in [6, 6.07) is -2.55. The lowest BCUT2D eigenvalue weighted by atomic mass is 10.1. The summed E-state index contributed by atoms with van der Waals surface area (Å²) in [5, 5.41) is 16.2. The fourth-order valence-corrected chi connectivity index (χ4v) is 1.33. The van der Waals surface area contributed by atoms with Crippen LogP contribution in [0.15, 0.2) is 12.7 Å². The molecule has 4 N–H and O–H groups in total. The van der Waals surface area contributed by atoms with Gasteiger partial charge in [0.1, 0.15) is 12.1 Å². The first kappa shape index (κ1) is 17.9. The maximum absolute atomic E-state index is 11.8. The zero-order valence-electron chi connectivity index (χ0n) is 12.3. The van der Waals surface area contributed by atoms with E-state index >= 15 is 0 Å². The van der Waals surface area contributed by atoms with Crippen LogP contribution in [-0.4, -0.2) is 40.6 Å². The molecule has 2 unspecified atom stereocenters. The maximum Gasteiger partial charge on any atom is 0.326 e. The second kappa shape index (κ2) is 7.52. The molecule has 0 aromatic heterocycles. The van der Waals surface area contributed by atoms with E-state index in [2.05, 4.69) is 22.5 Å². The molecule has 7 heteroatoms. The number of hydrogen-bond acceptors (Lipinski definition) is 3. The molecule has 0 aliphatic rings. The highest BCUT2D eigenvalue weighted by molar-refractivity contribution is 5.88. The van der Waals surface area contributed by atoms with Crippen molar-refractivity contribution >= 4 is 17.9 Å². The number of aliphatic carboxylic acids is 1. The molecule has 0 rings (SSSR count). The van der Waals surface area contributed by atoms with Crippen LogP contribution in [0.2, 0.25) is 0 Å². The molecule has 0 aromatic carbocycles. The summed E-state index contributed by atoms with van der Waals surface area (Å²) in [6.07, 6.45) is 1.50. The fraction of sp³-hybridized carbons (Fsp3) is 0.615. The molecule has 20 heavy (non-hydrogen) atoms. The van der Waals surface area contributed by atoms with E-state index in [9.17, 15) is 14.4 Å². The number of rotatable bonds is 6. The van der Waals surface area contributed by atoms with Crippen LogP contribution >= 0.6 is 0 Å². The van der Waals surface area contributed by atoms with Gasteiger partial charge in [0.25, 0.3) is 0 Å². The van der Waals surface area contributed by atoms with E-state index < -0.39 is 29.6 Å². The minimum absolute atomic E-state index is 0.103. The Kier molecular flexibility index (Phi) is 6.75. The molecule has 0 heterocycles. The molecule has 0 radical (unpaired) electrons. The monoisotopic (exact) mass is 285 g/mol. The highest BCUT2D eigenvalue weighted by atomic mass is 16.4. The van der Waals surface area contributed by atoms with Crippen molar-refractivity contribution in [2.75, 3.05) is 0 Å². The Bertz CT molecular complexity index is 388. The van der Waals surface area contributed by atoms with Gasteiger partial charge in [-0.25, -0.2) is 9.59 Å². The van der Waals surface area contributed by atoms with Gasteiger partial charge in [-0.15, -0.1) is 6.58 Å². The first-order valence-corrected chi connectivity index (χ1v) is 6.29. The van der Waals surface area contributed by atoms with Crippen molar-refractivity contribution in [2.24, 2.45) is 0 Å². The molecule has 0 aromatic rings. The van der Waals surface area contributed by atoms with Gasteiger partial charge >= 0.3 is 12.0 Å². The first-order chi connectivity index (χ1) is 9.06. The predicted molar refractivity (Wildman–Crippen MR) is 75.3 cm³/mol. The van der Waals surface area contributed by atoms with Crippen LogP contribution in [0.4, 0.5) is 4.79 Å².